The van der Waals surface area contributed by atoms with E-state index in [0.29, 0.717) is 5.75 Å². The molecule has 1 saturated carbocycles. The molecule has 1 amide bonds. The van der Waals surface area contributed by atoms with Crippen LogP contribution in [-0.4, -0.2) is 21.7 Å². The number of hydrogen-bond donors (Lipinski definition) is 1. The van der Waals surface area contributed by atoms with Crippen LogP contribution in [0.3, 0.4) is 0 Å². The molecule has 0 bridgehead atoms. The van der Waals surface area contributed by atoms with Crippen LogP contribution < -0.4 is 10.1 Å². The standard InChI is InChI=1S/C20H17N3O2/c24-19(25-15-6-2-1-3-7-15)22-14-10-20(11-14)17-9-5-4-8-16(17)18-12-21-13-23(18)20/h1-9,12-14H,10-11H2,(H,22,24). The molecule has 124 valence electrons. The van der Waals surface area contributed by atoms with Crippen molar-refractivity contribution in [2.24, 2.45) is 0 Å². The summed E-state index contributed by atoms with van der Waals surface area (Å²) in [4.78, 5) is 16.4. The molecule has 0 atom stereocenters. The SMILES string of the molecule is O=C(NC1CC2(C1)c1ccccc1-c1cncn12)Oc1ccccc1. The lowest BCUT2D eigenvalue weighted by Gasteiger charge is -2.47. The Morgan fingerprint density at radius 3 is 2.72 bits per heavy atom. The number of fused-ring (bicyclic) bond motifs is 5. The molecule has 2 aromatic carbocycles. The monoisotopic (exact) mass is 331 g/mol. The highest BCUT2D eigenvalue weighted by Crippen LogP contribution is 2.54. The Labute approximate surface area is 145 Å². The maximum Gasteiger partial charge on any atom is 0.412 e. The van der Waals surface area contributed by atoms with E-state index in [-0.39, 0.29) is 11.6 Å². The van der Waals surface area contributed by atoms with Crippen molar-refractivity contribution in [3.8, 4) is 17.0 Å². The molecular formula is C20H17N3O2. The van der Waals surface area contributed by atoms with Crippen molar-refractivity contribution >= 4 is 6.09 Å². The van der Waals surface area contributed by atoms with E-state index in [9.17, 15) is 4.79 Å². The number of para-hydroxylation sites is 1. The summed E-state index contributed by atoms with van der Waals surface area (Å²) in [6.07, 6.45) is 5.10. The molecule has 0 saturated heterocycles. The second-order valence-electron chi connectivity index (χ2n) is 6.68. The third-order valence-electron chi connectivity index (χ3n) is 5.25. The molecule has 2 aliphatic rings. The molecule has 0 radical (unpaired) electrons. The van der Waals surface area contributed by atoms with Crippen LogP contribution in [0.5, 0.6) is 5.75 Å². The summed E-state index contributed by atoms with van der Waals surface area (Å²) in [5.41, 5.74) is 3.63. The molecule has 0 unspecified atom stereocenters. The minimum absolute atomic E-state index is 0.0902. The van der Waals surface area contributed by atoms with Gasteiger partial charge < -0.3 is 14.6 Å². The first-order valence-corrected chi connectivity index (χ1v) is 8.42. The normalized spacial score (nSPS) is 22.8. The number of imidazole rings is 1. The maximum absolute atomic E-state index is 12.1. The first kappa shape index (κ1) is 14.3. The van der Waals surface area contributed by atoms with Crippen LogP contribution in [0, 0.1) is 0 Å². The molecule has 1 aliphatic carbocycles. The summed E-state index contributed by atoms with van der Waals surface area (Å²) in [6, 6.07) is 17.7. The van der Waals surface area contributed by atoms with Crippen molar-refractivity contribution in [2.75, 3.05) is 0 Å². The molecule has 1 spiro atoms. The summed E-state index contributed by atoms with van der Waals surface area (Å²) in [5, 5.41) is 2.97. The second-order valence-corrected chi connectivity index (χ2v) is 6.68. The largest absolute Gasteiger partial charge is 0.412 e. The Morgan fingerprint density at radius 2 is 1.88 bits per heavy atom. The predicted molar refractivity (Wildman–Crippen MR) is 93.4 cm³/mol. The lowest BCUT2D eigenvalue weighted by atomic mass is 9.68. The van der Waals surface area contributed by atoms with Crippen LogP contribution in [0.1, 0.15) is 18.4 Å². The molecule has 2 heterocycles. The number of amides is 1. The van der Waals surface area contributed by atoms with Crippen molar-refractivity contribution in [1.82, 2.24) is 14.9 Å². The van der Waals surface area contributed by atoms with Gasteiger partial charge in [0, 0.05) is 11.6 Å². The zero-order valence-corrected chi connectivity index (χ0v) is 13.6. The van der Waals surface area contributed by atoms with E-state index in [1.54, 1.807) is 12.1 Å². The molecule has 1 aliphatic heterocycles. The topological polar surface area (TPSA) is 56.2 Å². The van der Waals surface area contributed by atoms with Crippen molar-refractivity contribution < 1.29 is 9.53 Å². The molecule has 3 aromatic rings. The average Bonchev–Trinajstić information content (AvgIpc) is 3.17. The number of rotatable bonds is 2. The Hall–Kier alpha value is -3.08. The zero-order chi connectivity index (χ0) is 16.9. The Morgan fingerprint density at radius 1 is 1.12 bits per heavy atom. The molecule has 25 heavy (non-hydrogen) atoms. The molecule has 1 fully saturated rings. The zero-order valence-electron chi connectivity index (χ0n) is 13.6. The van der Waals surface area contributed by atoms with Gasteiger partial charge in [-0.1, -0.05) is 42.5 Å². The average molecular weight is 331 g/mol. The van der Waals surface area contributed by atoms with Crippen molar-refractivity contribution in [3.05, 3.63) is 72.7 Å². The van der Waals surface area contributed by atoms with E-state index >= 15 is 0 Å². The number of aromatic nitrogens is 2. The van der Waals surface area contributed by atoms with E-state index in [1.165, 1.54) is 11.1 Å². The van der Waals surface area contributed by atoms with Gasteiger partial charge in [0.1, 0.15) is 5.75 Å². The van der Waals surface area contributed by atoms with Crippen LogP contribution in [0.4, 0.5) is 4.79 Å². The minimum atomic E-state index is -0.400. The van der Waals surface area contributed by atoms with Crippen LogP contribution in [0.25, 0.3) is 11.3 Å². The Balaban J connectivity index is 1.33. The summed E-state index contributed by atoms with van der Waals surface area (Å²) in [6.45, 7) is 0. The summed E-state index contributed by atoms with van der Waals surface area (Å²) in [5.74, 6) is 0.553. The molecular weight excluding hydrogens is 314 g/mol. The van der Waals surface area contributed by atoms with Gasteiger partial charge in [0.25, 0.3) is 0 Å². The first-order chi connectivity index (χ1) is 12.3. The smallest absolute Gasteiger partial charge is 0.410 e. The van der Waals surface area contributed by atoms with Gasteiger partial charge in [0.2, 0.25) is 0 Å². The van der Waals surface area contributed by atoms with Gasteiger partial charge in [0.15, 0.2) is 0 Å². The Kier molecular flexibility index (Phi) is 2.98. The number of nitrogens with one attached hydrogen (secondary N) is 1. The molecule has 5 nitrogen and oxygen atoms in total. The number of ether oxygens (including phenoxy) is 1. The molecule has 5 heteroatoms. The van der Waals surface area contributed by atoms with E-state index < -0.39 is 6.09 Å². The fourth-order valence-corrected chi connectivity index (χ4v) is 4.14. The van der Waals surface area contributed by atoms with Crippen molar-refractivity contribution in [1.29, 1.82) is 0 Å². The van der Waals surface area contributed by atoms with Crippen LogP contribution >= 0.6 is 0 Å². The van der Waals surface area contributed by atoms with Crippen LogP contribution in [-0.2, 0) is 5.54 Å². The van der Waals surface area contributed by atoms with Crippen LogP contribution in [0.2, 0.25) is 0 Å². The van der Waals surface area contributed by atoms with Gasteiger partial charge in [-0.15, -0.1) is 0 Å². The number of nitrogens with zero attached hydrogens (tertiary/aromatic N) is 2. The number of carbonyl (C=O) groups is 1. The molecule has 1 aromatic heterocycles. The highest BCUT2D eigenvalue weighted by atomic mass is 16.6. The highest BCUT2D eigenvalue weighted by molar-refractivity contribution is 5.73. The van der Waals surface area contributed by atoms with Crippen LogP contribution in [0.15, 0.2) is 67.1 Å². The molecule has 1 N–H and O–H groups in total. The van der Waals surface area contributed by atoms with Crippen molar-refractivity contribution in [2.45, 2.75) is 24.4 Å². The fraction of sp³-hybridized carbons (Fsp3) is 0.200. The quantitative estimate of drug-likeness (QED) is 0.781. The minimum Gasteiger partial charge on any atom is -0.410 e. The lowest BCUT2D eigenvalue weighted by Crippen LogP contribution is -2.55. The van der Waals surface area contributed by atoms with Gasteiger partial charge in [-0.3, -0.25) is 0 Å². The molecule has 5 rings (SSSR count). The van der Waals surface area contributed by atoms with Gasteiger partial charge in [0.05, 0.1) is 23.8 Å². The van der Waals surface area contributed by atoms with Gasteiger partial charge in [-0.05, 0) is 30.5 Å². The van der Waals surface area contributed by atoms with Gasteiger partial charge >= 0.3 is 6.09 Å². The Bertz CT molecular complexity index is 942. The third kappa shape index (κ3) is 2.09. The van der Waals surface area contributed by atoms with E-state index in [1.807, 2.05) is 30.7 Å². The van der Waals surface area contributed by atoms with E-state index in [4.69, 9.17) is 4.74 Å². The number of hydrogen-bond acceptors (Lipinski definition) is 3. The maximum atomic E-state index is 12.1. The van der Waals surface area contributed by atoms with E-state index in [0.717, 1.165) is 18.5 Å². The number of benzene rings is 2. The van der Waals surface area contributed by atoms with Crippen molar-refractivity contribution in [3.63, 3.8) is 0 Å². The summed E-state index contributed by atoms with van der Waals surface area (Å²) in [7, 11) is 0. The lowest BCUT2D eigenvalue weighted by molar-refractivity contribution is 0.133. The summed E-state index contributed by atoms with van der Waals surface area (Å²) >= 11 is 0. The first-order valence-electron chi connectivity index (χ1n) is 8.42. The highest BCUT2D eigenvalue weighted by Gasteiger charge is 2.52. The predicted octanol–water partition coefficient (Wildman–Crippen LogP) is 3.56. The van der Waals surface area contributed by atoms with Gasteiger partial charge in [-0.25, -0.2) is 9.78 Å². The third-order valence-corrected chi connectivity index (χ3v) is 5.25. The number of carbonyl (C=O) groups excluding carboxylic acids is 1. The van der Waals surface area contributed by atoms with E-state index in [2.05, 4.69) is 39.1 Å². The fourth-order valence-electron chi connectivity index (χ4n) is 4.14. The van der Waals surface area contributed by atoms with Gasteiger partial charge in [-0.2, -0.15) is 0 Å². The summed E-state index contributed by atoms with van der Waals surface area (Å²) < 4.78 is 7.57. The second kappa shape index (κ2) is 5.21.